The van der Waals surface area contributed by atoms with E-state index in [1.165, 1.54) is 12.8 Å². The Labute approximate surface area is 120 Å². The molecule has 100 valence electrons. The molecule has 4 heteroatoms. The van der Waals surface area contributed by atoms with E-state index in [0.717, 1.165) is 34.0 Å². The van der Waals surface area contributed by atoms with Crippen molar-refractivity contribution in [3.63, 3.8) is 0 Å². The fourth-order valence-electron chi connectivity index (χ4n) is 2.04. The van der Waals surface area contributed by atoms with Gasteiger partial charge in [-0.05, 0) is 56.0 Å². The molecule has 2 nitrogen and oxygen atoms in total. The van der Waals surface area contributed by atoms with Crippen LogP contribution in [0.5, 0.6) is 0 Å². The Hall–Kier alpha value is -0.190. The summed E-state index contributed by atoms with van der Waals surface area (Å²) in [4.78, 5) is 0.933. The molecule has 0 saturated heterocycles. The number of hydrogen-bond donors (Lipinski definition) is 1. The largest absolute Gasteiger partial charge is 0.313 e. The molecule has 2 atom stereocenters. The predicted octanol–water partition coefficient (Wildman–Crippen LogP) is 3.33. The molecular formula is C14H20BrNOS. The third-order valence-electron chi connectivity index (χ3n) is 3.26. The summed E-state index contributed by atoms with van der Waals surface area (Å²) in [7, 11) is -0.889. The lowest BCUT2D eigenvalue weighted by Gasteiger charge is -2.17. The number of halogens is 1. The van der Waals surface area contributed by atoms with E-state index < -0.39 is 10.8 Å². The first-order valence-electron chi connectivity index (χ1n) is 6.58. The van der Waals surface area contributed by atoms with Crippen LogP contribution in [0.4, 0.5) is 0 Å². The minimum Gasteiger partial charge on any atom is -0.313 e. The van der Waals surface area contributed by atoms with Crippen LogP contribution in [0.15, 0.2) is 33.6 Å². The molecule has 0 aromatic heterocycles. The van der Waals surface area contributed by atoms with Gasteiger partial charge in [0.1, 0.15) is 0 Å². The van der Waals surface area contributed by atoms with Gasteiger partial charge in [-0.2, -0.15) is 0 Å². The first-order chi connectivity index (χ1) is 8.70. The molecule has 1 saturated carbocycles. The summed E-state index contributed by atoms with van der Waals surface area (Å²) >= 11 is 3.40. The maximum Gasteiger partial charge on any atom is 0.0545 e. The zero-order chi connectivity index (χ0) is 13.0. The fraction of sp³-hybridized carbons (Fsp3) is 0.571. The molecule has 0 spiro atoms. The van der Waals surface area contributed by atoms with Gasteiger partial charge in [0.15, 0.2) is 0 Å². The molecule has 1 aromatic rings. The Morgan fingerprint density at radius 1 is 1.39 bits per heavy atom. The monoisotopic (exact) mass is 329 g/mol. The minimum atomic E-state index is -0.889. The first kappa shape index (κ1) is 14.2. The maximum atomic E-state index is 12.3. The van der Waals surface area contributed by atoms with Gasteiger partial charge in [-0.1, -0.05) is 22.9 Å². The highest BCUT2D eigenvalue weighted by Gasteiger charge is 2.31. The zero-order valence-electron chi connectivity index (χ0n) is 10.7. The van der Waals surface area contributed by atoms with Crippen molar-refractivity contribution in [2.75, 3.05) is 12.3 Å². The highest BCUT2D eigenvalue weighted by Crippen LogP contribution is 2.33. The van der Waals surface area contributed by atoms with Crippen molar-refractivity contribution in [3.05, 3.63) is 28.7 Å². The highest BCUT2D eigenvalue weighted by atomic mass is 79.9. The fourth-order valence-corrected chi connectivity index (χ4v) is 3.65. The molecule has 1 aromatic carbocycles. The van der Waals surface area contributed by atoms with Crippen LogP contribution in [0.25, 0.3) is 0 Å². The van der Waals surface area contributed by atoms with Crippen molar-refractivity contribution in [2.45, 2.75) is 37.1 Å². The lowest BCUT2D eigenvalue weighted by Crippen LogP contribution is -2.36. The average Bonchev–Trinajstić information content (AvgIpc) is 3.19. The smallest absolute Gasteiger partial charge is 0.0545 e. The molecule has 1 N–H and O–H groups in total. The summed E-state index contributed by atoms with van der Waals surface area (Å²) in [6.07, 6.45) is 3.71. The molecule has 1 fully saturated rings. The second-order valence-corrected chi connectivity index (χ2v) is 7.28. The van der Waals surface area contributed by atoms with Crippen molar-refractivity contribution in [3.8, 4) is 0 Å². The van der Waals surface area contributed by atoms with E-state index in [1.807, 2.05) is 24.3 Å². The average molecular weight is 330 g/mol. The minimum absolute atomic E-state index is 0.425. The van der Waals surface area contributed by atoms with Crippen LogP contribution in [0.2, 0.25) is 0 Å². The molecule has 0 heterocycles. The Balaban J connectivity index is 1.93. The van der Waals surface area contributed by atoms with Crippen molar-refractivity contribution in [1.29, 1.82) is 0 Å². The van der Waals surface area contributed by atoms with Gasteiger partial charge in [0.2, 0.25) is 0 Å². The quantitative estimate of drug-likeness (QED) is 0.831. The van der Waals surface area contributed by atoms with Crippen LogP contribution < -0.4 is 5.32 Å². The van der Waals surface area contributed by atoms with Gasteiger partial charge in [-0.25, -0.2) is 0 Å². The number of rotatable bonds is 7. The molecule has 18 heavy (non-hydrogen) atoms. The highest BCUT2D eigenvalue weighted by molar-refractivity contribution is 9.10. The van der Waals surface area contributed by atoms with Crippen molar-refractivity contribution >= 4 is 26.7 Å². The Bertz CT molecular complexity index is 403. The molecule has 0 aliphatic heterocycles. The van der Waals surface area contributed by atoms with Gasteiger partial charge < -0.3 is 5.32 Å². The summed E-state index contributed by atoms with van der Waals surface area (Å²) in [5.74, 6) is 1.49. The van der Waals surface area contributed by atoms with E-state index in [2.05, 4.69) is 28.2 Å². The summed E-state index contributed by atoms with van der Waals surface area (Å²) in [5.41, 5.74) is 0. The molecule has 1 aliphatic carbocycles. The second kappa shape index (κ2) is 6.83. The van der Waals surface area contributed by atoms with E-state index in [4.69, 9.17) is 0 Å². The maximum absolute atomic E-state index is 12.3. The third kappa shape index (κ3) is 4.18. The standard InChI is InChI=1S/C14H20BrNOS/c1-2-9-16-14(11-3-4-11)10-18(17)13-7-5-12(15)6-8-13/h5-8,11,14,16H,2-4,9-10H2,1H3. The lowest BCUT2D eigenvalue weighted by molar-refractivity contribution is 0.498. The topological polar surface area (TPSA) is 29.1 Å². The Kier molecular flexibility index (Phi) is 5.39. The van der Waals surface area contributed by atoms with E-state index in [-0.39, 0.29) is 0 Å². The number of nitrogens with one attached hydrogen (secondary N) is 1. The van der Waals surface area contributed by atoms with Crippen LogP contribution in [0.3, 0.4) is 0 Å². The molecular weight excluding hydrogens is 310 g/mol. The first-order valence-corrected chi connectivity index (χ1v) is 8.69. The van der Waals surface area contributed by atoms with Gasteiger partial charge >= 0.3 is 0 Å². The van der Waals surface area contributed by atoms with Crippen LogP contribution in [-0.4, -0.2) is 22.5 Å². The van der Waals surface area contributed by atoms with Crippen LogP contribution in [0, 0.1) is 5.92 Å². The molecule has 2 unspecified atom stereocenters. The van der Waals surface area contributed by atoms with Crippen molar-refractivity contribution < 1.29 is 4.21 Å². The molecule has 0 bridgehead atoms. The van der Waals surface area contributed by atoms with Gasteiger partial charge in [-0.3, -0.25) is 4.21 Å². The zero-order valence-corrected chi connectivity index (χ0v) is 13.1. The van der Waals surface area contributed by atoms with Crippen LogP contribution >= 0.6 is 15.9 Å². The predicted molar refractivity (Wildman–Crippen MR) is 80.2 cm³/mol. The van der Waals surface area contributed by atoms with E-state index in [9.17, 15) is 4.21 Å². The molecule has 0 amide bonds. The molecule has 0 radical (unpaired) electrons. The third-order valence-corrected chi connectivity index (χ3v) is 5.24. The van der Waals surface area contributed by atoms with E-state index >= 15 is 0 Å². The summed E-state index contributed by atoms with van der Waals surface area (Å²) in [6, 6.07) is 8.24. The van der Waals surface area contributed by atoms with Gasteiger partial charge in [0.05, 0.1) is 10.8 Å². The second-order valence-electron chi connectivity index (χ2n) is 4.86. The van der Waals surface area contributed by atoms with E-state index in [1.54, 1.807) is 0 Å². The normalized spacial score (nSPS) is 18.6. The van der Waals surface area contributed by atoms with E-state index in [0.29, 0.717) is 6.04 Å². The number of hydrogen-bond acceptors (Lipinski definition) is 2. The van der Waals surface area contributed by atoms with Crippen molar-refractivity contribution in [2.24, 2.45) is 5.92 Å². The van der Waals surface area contributed by atoms with Crippen LogP contribution in [-0.2, 0) is 10.8 Å². The Morgan fingerprint density at radius 3 is 2.61 bits per heavy atom. The molecule has 1 aliphatic rings. The molecule has 2 rings (SSSR count). The summed E-state index contributed by atoms with van der Waals surface area (Å²) in [5, 5.41) is 3.54. The van der Waals surface area contributed by atoms with Gasteiger partial charge in [0.25, 0.3) is 0 Å². The van der Waals surface area contributed by atoms with Crippen molar-refractivity contribution in [1.82, 2.24) is 5.32 Å². The van der Waals surface area contributed by atoms with Gasteiger partial charge in [-0.15, -0.1) is 0 Å². The Morgan fingerprint density at radius 2 is 2.06 bits per heavy atom. The van der Waals surface area contributed by atoms with Gasteiger partial charge in [0, 0.05) is 21.2 Å². The lowest BCUT2D eigenvalue weighted by atomic mass is 10.2. The summed E-state index contributed by atoms with van der Waals surface area (Å²) in [6.45, 7) is 3.20. The van der Waals surface area contributed by atoms with Crippen LogP contribution in [0.1, 0.15) is 26.2 Å². The SMILES string of the molecule is CCCNC(CS(=O)c1ccc(Br)cc1)C1CC1. The summed E-state index contributed by atoms with van der Waals surface area (Å²) < 4.78 is 13.4. The number of benzene rings is 1.